The van der Waals surface area contributed by atoms with Gasteiger partial charge in [0.15, 0.2) is 0 Å². The second-order valence-electron chi connectivity index (χ2n) is 4.63. The van der Waals surface area contributed by atoms with Crippen LogP contribution in [-0.4, -0.2) is 6.61 Å². The number of anilines is 1. The topological polar surface area (TPSA) is 21.3 Å². The molecule has 0 saturated carbocycles. The van der Waals surface area contributed by atoms with E-state index in [-0.39, 0.29) is 0 Å². The zero-order valence-electron chi connectivity index (χ0n) is 11.8. The number of hydrogen-bond acceptors (Lipinski definition) is 2. The van der Waals surface area contributed by atoms with Crippen LogP contribution in [-0.2, 0) is 6.54 Å². The van der Waals surface area contributed by atoms with Gasteiger partial charge >= 0.3 is 0 Å². The van der Waals surface area contributed by atoms with Crippen LogP contribution in [0.25, 0.3) is 0 Å². The van der Waals surface area contributed by atoms with Crippen molar-refractivity contribution in [1.29, 1.82) is 0 Å². The van der Waals surface area contributed by atoms with E-state index in [0.29, 0.717) is 13.2 Å². The molecule has 0 amide bonds. The Labute approximate surface area is 147 Å². The monoisotopic (exact) mass is 431 g/mol. The van der Waals surface area contributed by atoms with E-state index in [0.717, 1.165) is 31.0 Å². The summed E-state index contributed by atoms with van der Waals surface area (Å²) in [6, 6.07) is 9.96. The summed E-state index contributed by atoms with van der Waals surface area (Å²) >= 11 is 13.1. The van der Waals surface area contributed by atoms with E-state index in [4.69, 9.17) is 16.3 Å². The van der Waals surface area contributed by atoms with E-state index in [1.807, 2.05) is 25.1 Å². The average Bonchev–Trinajstić information content (AvgIpc) is 2.44. The van der Waals surface area contributed by atoms with Gasteiger partial charge in [-0.25, -0.2) is 0 Å². The number of benzene rings is 2. The molecule has 112 valence electrons. The molecule has 2 aromatic rings. The maximum atomic E-state index is 6.03. The van der Waals surface area contributed by atoms with Gasteiger partial charge in [-0.1, -0.05) is 17.7 Å². The van der Waals surface area contributed by atoms with Crippen molar-refractivity contribution in [3.63, 3.8) is 0 Å². The molecule has 0 saturated heterocycles. The first-order valence-electron chi connectivity index (χ1n) is 6.62. The maximum Gasteiger partial charge on any atom is 0.147 e. The highest BCUT2D eigenvalue weighted by atomic mass is 79.9. The van der Waals surface area contributed by atoms with E-state index >= 15 is 0 Å². The largest absolute Gasteiger partial charge is 0.492 e. The first-order valence-corrected chi connectivity index (χ1v) is 8.58. The standard InChI is InChI=1S/C16H16Br2ClNO/c1-3-21-16-13(17)6-11(7-14(16)18)9-20-15-8-12(19)5-4-10(15)2/h4-8,20H,3,9H2,1-2H3. The van der Waals surface area contributed by atoms with Crippen molar-refractivity contribution in [3.05, 3.63) is 55.4 Å². The number of ether oxygens (including phenoxy) is 1. The van der Waals surface area contributed by atoms with Gasteiger partial charge in [-0.05, 0) is 81.1 Å². The summed E-state index contributed by atoms with van der Waals surface area (Å²) in [7, 11) is 0. The van der Waals surface area contributed by atoms with Gasteiger partial charge in [0.2, 0.25) is 0 Å². The predicted octanol–water partition coefficient (Wildman–Crippen LogP) is 6.18. The van der Waals surface area contributed by atoms with Gasteiger partial charge in [-0.2, -0.15) is 0 Å². The second-order valence-corrected chi connectivity index (χ2v) is 6.78. The van der Waals surface area contributed by atoms with Gasteiger partial charge in [-0.15, -0.1) is 0 Å². The van der Waals surface area contributed by atoms with Gasteiger partial charge in [0.25, 0.3) is 0 Å². The fourth-order valence-corrected chi connectivity index (χ4v) is 3.66. The molecule has 0 aliphatic rings. The second kappa shape index (κ2) is 7.52. The normalized spacial score (nSPS) is 10.5. The molecule has 0 aliphatic carbocycles. The van der Waals surface area contributed by atoms with Gasteiger partial charge < -0.3 is 10.1 Å². The lowest BCUT2D eigenvalue weighted by Crippen LogP contribution is -2.02. The first-order chi connectivity index (χ1) is 10.0. The summed E-state index contributed by atoms with van der Waals surface area (Å²) in [5.74, 6) is 0.834. The van der Waals surface area contributed by atoms with Crippen LogP contribution in [0.3, 0.4) is 0 Å². The molecule has 21 heavy (non-hydrogen) atoms. The number of halogens is 3. The molecule has 0 atom stereocenters. The lowest BCUT2D eigenvalue weighted by atomic mass is 10.1. The number of rotatable bonds is 5. The summed E-state index contributed by atoms with van der Waals surface area (Å²) in [5.41, 5.74) is 3.36. The van der Waals surface area contributed by atoms with Gasteiger partial charge in [-0.3, -0.25) is 0 Å². The van der Waals surface area contributed by atoms with Crippen LogP contribution in [0, 0.1) is 6.92 Å². The van der Waals surface area contributed by atoms with Gasteiger partial charge in [0.1, 0.15) is 5.75 Å². The minimum Gasteiger partial charge on any atom is -0.492 e. The Kier molecular flexibility index (Phi) is 5.97. The fourth-order valence-electron chi connectivity index (χ4n) is 1.98. The Morgan fingerprint density at radius 1 is 1.14 bits per heavy atom. The van der Waals surface area contributed by atoms with Gasteiger partial charge in [0, 0.05) is 17.3 Å². The zero-order chi connectivity index (χ0) is 15.4. The highest BCUT2D eigenvalue weighted by Gasteiger charge is 2.09. The molecule has 0 unspecified atom stereocenters. The number of hydrogen-bond donors (Lipinski definition) is 1. The molecule has 1 N–H and O–H groups in total. The summed E-state index contributed by atoms with van der Waals surface area (Å²) in [6.45, 7) is 5.38. The highest BCUT2D eigenvalue weighted by molar-refractivity contribution is 9.11. The molecule has 0 aliphatic heterocycles. The Bertz CT molecular complexity index is 623. The first kappa shape index (κ1) is 16.7. The van der Waals surface area contributed by atoms with E-state index in [9.17, 15) is 0 Å². The van der Waals surface area contributed by atoms with Crippen LogP contribution in [0.1, 0.15) is 18.1 Å². The molecule has 2 rings (SSSR count). The molecular weight excluding hydrogens is 417 g/mol. The minimum atomic E-state index is 0.635. The molecule has 0 bridgehead atoms. The van der Waals surface area contributed by atoms with Crippen molar-refractivity contribution < 1.29 is 4.74 Å². The third kappa shape index (κ3) is 4.38. The molecule has 0 aromatic heterocycles. The van der Waals surface area contributed by atoms with Crippen LogP contribution >= 0.6 is 43.5 Å². The van der Waals surface area contributed by atoms with Crippen LogP contribution < -0.4 is 10.1 Å². The van der Waals surface area contributed by atoms with Crippen molar-refractivity contribution in [2.24, 2.45) is 0 Å². The minimum absolute atomic E-state index is 0.635. The molecule has 0 spiro atoms. The quantitative estimate of drug-likeness (QED) is 0.608. The zero-order valence-corrected chi connectivity index (χ0v) is 15.8. The molecular formula is C16H16Br2ClNO. The summed E-state index contributed by atoms with van der Waals surface area (Å²) in [4.78, 5) is 0. The molecule has 0 fully saturated rings. The SMILES string of the molecule is CCOc1c(Br)cc(CNc2cc(Cl)ccc2C)cc1Br. The molecule has 2 aromatic carbocycles. The van der Waals surface area contributed by atoms with Crippen molar-refractivity contribution in [3.8, 4) is 5.75 Å². The van der Waals surface area contributed by atoms with Crippen LogP contribution in [0.15, 0.2) is 39.3 Å². The summed E-state index contributed by atoms with van der Waals surface area (Å²) in [5, 5.41) is 4.14. The smallest absolute Gasteiger partial charge is 0.147 e. The predicted molar refractivity (Wildman–Crippen MR) is 96.5 cm³/mol. The lowest BCUT2D eigenvalue weighted by molar-refractivity contribution is 0.336. The van der Waals surface area contributed by atoms with Crippen LogP contribution in [0.2, 0.25) is 5.02 Å². The average molecular weight is 434 g/mol. The Hall–Kier alpha value is -0.710. The van der Waals surface area contributed by atoms with Crippen molar-refractivity contribution >= 4 is 49.1 Å². The van der Waals surface area contributed by atoms with E-state index in [1.165, 1.54) is 5.56 Å². The highest BCUT2D eigenvalue weighted by Crippen LogP contribution is 2.35. The Balaban J connectivity index is 2.15. The van der Waals surface area contributed by atoms with Crippen molar-refractivity contribution in [2.75, 3.05) is 11.9 Å². The molecule has 2 nitrogen and oxygen atoms in total. The maximum absolute atomic E-state index is 6.03. The Morgan fingerprint density at radius 3 is 2.43 bits per heavy atom. The van der Waals surface area contributed by atoms with E-state index < -0.39 is 0 Å². The Morgan fingerprint density at radius 2 is 1.81 bits per heavy atom. The fraction of sp³-hybridized carbons (Fsp3) is 0.250. The van der Waals surface area contributed by atoms with E-state index in [1.54, 1.807) is 0 Å². The third-order valence-electron chi connectivity index (χ3n) is 3.03. The van der Waals surface area contributed by atoms with Gasteiger partial charge in [0.05, 0.1) is 15.6 Å². The van der Waals surface area contributed by atoms with Crippen molar-refractivity contribution in [1.82, 2.24) is 0 Å². The third-order valence-corrected chi connectivity index (χ3v) is 4.44. The summed E-state index contributed by atoms with van der Waals surface area (Å²) < 4.78 is 7.47. The van der Waals surface area contributed by atoms with Crippen molar-refractivity contribution in [2.45, 2.75) is 20.4 Å². The molecule has 0 radical (unpaired) electrons. The van der Waals surface area contributed by atoms with Crippen LogP contribution in [0.4, 0.5) is 5.69 Å². The van der Waals surface area contributed by atoms with E-state index in [2.05, 4.69) is 56.2 Å². The van der Waals surface area contributed by atoms with Crippen LogP contribution in [0.5, 0.6) is 5.75 Å². The number of aryl methyl sites for hydroxylation is 1. The number of nitrogens with one attached hydrogen (secondary N) is 1. The molecule has 0 heterocycles. The lowest BCUT2D eigenvalue weighted by Gasteiger charge is -2.13. The summed E-state index contributed by atoms with van der Waals surface area (Å²) in [6.07, 6.45) is 0. The molecule has 5 heteroatoms.